The third kappa shape index (κ3) is 3.29. The number of aromatic nitrogens is 2. The Kier molecular flexibility index (Phi) is 4.40. The topological polar surface area (TPSA) is 101 Å². The molecule has 0 aliphatic carbocycles. The summed E-state index contributed by atoms with van der Waals surface area (Å²) in [5, 5.41) is 6.47. The van der Waals surface area contributed by atoms with Crippen LogP contribution in [0.15, 0.2) is 29.2 Å². The summed E-state index contributed by atoms with van der Waals surface area (Å²) in [7, 11) is -3.80. The number of halogens is 1. The molecule has 0 saturated carbocycles. The Labute approximate surface area is 122 Å². The molecule has 2 aromatic rings. The van der Waals surface area contributed by atoms with E-state index in [0.29, 0.717) is 11.3 Å². The standard InChI is InChI=1S/C13H17FN4O2S/c1-8(10-4-3-5-11(14)6-10)18-21(19,20)13-9(2)16-17-12(13)7-15/h3-6,8,18H,7,15H2,1-2H3,(H,16,17). The number of aromatic amines is 1. The molecule has 4 N–H and O–H groups in total. The Bertz CT molecular complexity index is 742. The van der Waals surface area contributed by atoms with Crippen LogP contribution < -0.4 is 10.5 Å². The van der Waals surface area contributed by atoms with Gasteiger partial charge in [-0.25, -0.2) is 17.5 Å². The molecular weight excluding hydrogens is 295 g/mol. The molecule has 2 rings (SSSR count). The molecule has 0 spiro atoms. The van der Waals surface area contributed by atoms with E-state index in [1.54, 1.807) is 19.9 Å². The van der Waals surface area contributed by atoms with Crippen molar-refractivity contribution in [3.63, 3.8) is 0 Å². The van der Waals surface area contributed by atoms with Crippen LogP contribution in [0.5, 0.6) is 0 Å². The van der Waals surface area contributed by atoms with E-state index in [4.69, 9.17) is 5.73 Å². The zero-order valence-electron chi connectivity index (χ0n) is 11.7. The van der Waals surface area contributed by atoms with Gasteiger partial charge in [-0.2, -0.15) is 5.10 Å². The molecule has 21 heavy (non-hydrogen) atoms. The third-order valence-corrected chi connectivity index (χ3v) is 4.85. The quantitative estimate of drug-likeness (QED) is 0.776. The van der Waals surface area contributed by atoms with Crippen molar-refractivity contribution in [2.45, 2.75) is 31.3 Å². The fourth-order valence-corrected chi connectivity index (χ4v) is 3.71. The normalized spacial score (nSPS) is 13.3. The molecule has 6 nitrogen and oxygen atoms in total. The molecule has 0 bridgehead atoms. The second kappa shape index (κ2) is 5.92. The second-order valence-electron chi connectivity index (χ2n) is 4.73. The summed E-state index contributed by atoms with van der Waals surface area (Å²) < 4.78 is 40.6. The van der Waals surface area contributed by atoms with Crippen LogP contribution in [0.2, 0.25) is 0 Å². The molecular formula is C13H17FN4O2S. The van der Waals surface area contributed by atoms with Crippen molar-refractivity contribution in [3.05, 3.63) is 47.0 Å². The highest BCUT2D eigenvalue weighted by Gasteiger charge is 2.25. The molecule has 8 heteroatoms. The zero-order chi connectivity index (χ0) is 15.6. The summed E-state index contributed by atoms with van der Waals surface area (Å²) in [5.41, 5.74) is 6.72. The van der Waals surface area contributed by atoms with Gasteiger partial charge in [0.25, 0.3) is 0 Å². The summed E-state index contributed by atoms with van der Waals surface area (Å²) in [6, 6.07) is 5.20. The average Bonchev–Trinajstić information content (AvgIpc) is 2.80. The van der Waals surface area contributed by atoms with Gasteiger partial charge < -0.3 is 5.73 Å². The van der Waals surface area contributed by atoms with Crippen LogP contribution in [-0.2, 0) is 16.6 Å². The van der Waals surface area contributed by atoms with Crippen molar-refractivity contribution in [1.82, 2.24) is 14.9 Å². The Balaban J connectivity index is 2.31. The first-order valence-corrected chi connectivity index (χ1v) is 7.85. The van der Waals surface area contributed by atoms with Gasteiger partial charge in [0.1, 0.15) is 10.7 Å². The number of H-pyrrole nitrogens is 1. The highest BCUT2D eigenvalue weighted by atomic mass is 32.2. The van der Waals surface area contributed by atoms with E-state index in [0.717, 1.165) is 0 Å². The van der Waals surface area contributed by atoms with Gasteiger partial charge in [0.2, 0.25) is 10.0 Å². The van der Waals surface area contributed by atoms with Crippen LogP contribution in [0.4, 0.5) is 4.39 Å². The largest absolute Gasteiger partial charge is 0.325 e. The minimum absolute atomic E-state index is 0.00886. The molecule has 0 saturated heterocycles. The second-order valence-corrected chi connectivity index (χ2v) is 6.38. The van der Waals surface area contributed by atoms with Crippen LogP contribution in [0.3, 0.4) is 0 Å². The van der Waals surface area contributed by atoms with Crippen LogP contribution in [0.25, 0.3) is 0 Å². The number of rotatable bonds is 5. The van der Waals surface area contributed by atoms with Crippen LogP contribution >= 0.6 is 0 Å². The summed E-state index contributed by atoms with van der Waals surface area (Å²) in [6.07, 6.45) is 0. The molecule has 0 aliphatic heterocycles. The van der Waals surface area contributed by atoms with E-state index in [-0.39, 0.29) is 17.1 Å². The number of nitrogens with two attached hydrogens (primary N) is 1. The number of nitrogens with zero attached hydrogens (tertiary/aromatic N) is 1. The predicted octanol–water partition coefficient (Wildman–Crippen LogP) is 1.36. The number of nitrogens with one attached hydrogen (secondary N) is 2. The number of benzene rings is 1. The smallest absolute Gasteiger partial charge is 0.244 e. The first-order chi connectivity index (χ1) is 9.85. The van der Waals surface area contributed by atoms with Gasteiger partial charge in [-0.05, 0) is 31.5 Å². The molecule has 0 aliphatic rings. The van der Waals surface area contributed by atoms with Gasteiger partial charge >= 0.3 is 0 Å². The Morgan fingerprint density at radius 3 is 2.81 bits per heavy atom. The lowest BCUT2D eigenvalue weighted by molar-refractivity contribution is 0.563. The Morgan fingerprint density at radius 2 is 2.19 bits per heavy atom. The molecule has 1 aromatic carbocycles. The Hall–Kier alpha value is -1.77. The lowest BCUT2D eigenvalue weighted by atomic mass is 10.1. The molecule has 1 aromatic heterocycles. The van der Waals surface area contributed by atoms with Gasteiger partial charge in [0.15, 0.2) is 0 Å². The van der Waals surface area contributed by atoms with Gasteiger partial charge in [0, 0.05) is 12.6 Å². The van der Waals surface area contributed by atoms with Gasteiger partial charge in [-0.3, -0.25) is 5.10 Å². The maximum Gasteiger partial charge on any atom is 0.244 e. The Morgan fingerprint density at radius 1 is 1.48 bits per heavy atom. The fourth-order valence-electron chi connectivity index (χ4n) is 2.10. The fraction of sp³-hybridized carbons (Fsp3) is 0.308. The molecule has 1 atom stereocenters. The zero-order valence-corrected chi connectivity index (χ0v) is 12.5. The van der Waals surface area contributed by atoms with Crippen molar-refractivity contribution in [2.75, 3.05) is 0 Å². The van der Waals surface area contributed by atoms with Crippen molar-refractivity contribution < 1.29 is 12.8 Å². The van der Waals surface area contributed by atoms with Crippen molar-refractivity contribution >= 4 is 10.0 Å². The first kappa shape index (κ1) is 15.6. The average molecular weight is 312 g/mol. The van der Waals surface area contributed by atoms with Gasteiger partial charge in [-0.15, -0.1) is 0 Å². The highest BCUT2D eigenvalue weighted by molar-refractivity contribution is 7.89. The SMILES string of the molecule is Cc1[nH]nc(CN)c1S(=O)(=O)NC(C)c1cccc(F)c1. The maximum atomic E-state index is 13.2. The molecule has 1 heterocycles. The van der Waals surface area contributed by atoms with Crippen molar-refractivity contribution in [2.24, 2.45) is 5.73 Å². The van der Waals surface area contributed by atoms with E-state index in [2.05, 4.69) is 14.9 Å². The van der Waals surface area contributed by atoms with Gasteiger partial charge in [-0.1, -0.05) is 12.1 Å². The number of sulfonamides is 1. The lowest BCUT2D eigenvalue weighted by Crippen LogP contribution is -2.28. The van der Waals surface area contributed by atoms with E-state index in [1.165, 1.54) is 18.2 Å². The molecule has 114 valence electrons. The van der Waals surface area contributed by atoms with E-state index in [1.807, 2.05) is 0 Å². The van der Waals surface area contributed by atoms with E-state index < -0.39 is 21.9 Å². The van der Waals surface area contributed by atoms with Crippen LogP contribution in [-0.4, -0.2) is 18.6 Å². The van der Waals surface area contributed by atoms with Crippen molar-refractivity contribution in [1.29, 1.82) is 0 Å². The monoisotopic (exact) mass is 312 g/mol. The summed E-state index contributed by atoms with van der Waals surface area (Å²) in [4.78, 5) is 0.0493. The minimum Gasteiger partial charge on any atom is -0.325 e. The highest BCUT2D eigenvalue weighted by Crippen LogP contribution is 2.21. The van der Waals surface area contributed by atoms with E-state index in [9.17, 15) is 12.8 Å². The number of hydrogen-bond donors (Lipinski definition) is 3. The molecule has 1 unspecified atom stereocenters. The third-order valence-electron chi connectivity index (χ3n) is 3.10. The lowest BCUT2D eigenvalue weighted by Gasteiger charge is -2.15. The molecule has 0 radical (unpaired) electrons. The first-order valence-electron chi connectivity index (χ1n) is 6.37. The maximum absolute atomic E-state index is 13.2. The van der Waals surface area contributed by atoms with Gasteiger partial charge in [0.05, 0.1) is 11.4 Å². The van der Waals surface area contributed by atoms with Crippen molar-refractivity contribution in [3.8, 4) is 0 Å². The summed E-state index contributed by atoms with van der Waals surface area (Å²) in [5.74, 6) is -0.416. The van der Waals surface area contributed by atoms with E-state index >= 15 is 0 Å². The predicted molar refractivity (Wildman–Crippen MR) is 76.4 cm³/mol. The number of hydrogen-bond acceptors (Lipinski definition) is 4. The summed E-state index contributed by atoms with van der Waals surface area (Å²) >= 11 is 0. The minimum atomic E-state index is -3.80. The summed E-state index contributed by atoms with van der Waals surface area (Å²) in [6.45, 7) is 3.26. The number of aryl methyl sites for hydroxylation is 1. The van der Waals surface area contributed by atoms with Crippen LogP contribution in [0, 0.1) is 12.7 Å². The molecule has 0 amide bonds. The molecule has 0 fully saturated rings. The van der Waals surface area contributed by atoms with Crippen LogP contribution in [0.1, 0.15) is 29.9 Å².